The Morgan fingerprint density at radius 1 is 1.53 bits per heavy atom. The van der Waals surface area contributed by atoms with Gasteiger partial charge in [-0.1, -0.05) is 16.8 Å². The molecule has 0 heterocycles. The van der Waals surface area contributed by atoms with E-state index < -0.39 is 9.84 Å². The first-order valence-electron chi connectivity index (χ1n) is 5.41. The normalized spacial score (nSPS) is 12.5. The highest BCUT2D eigenvalue weighted by Crippen LogP contribution is 2.24. The van der Waals surface area contributed by atoms with Crippen molar-refractivity contribution in [3.8, 4) is 0 Å². The van der Waals surface area contributed by atoms with E-state index in [4.69, 9.17) is 22.5 Å². The Morgan fingerprint density at radius 3 is 2.68 bits per heavy atom. The SMILES string of the molecule is CN(CCS(C)(=O)=O)c1cc(Cl)ccc1C(N)=NO. The lowest BCUT2D eigenvalue weighted by Crippen LogP contribution is -2.27. The average molecular weight is 306 g/mol. The maximum Gasteiger partial charge on any atom is 0.172 e. The summed E-state index contributed by atoms with van der Waals surface area (Å²) in [6.45, 7) is 0.283. The molecule has 0 fully saturated rings. The van der Waals surface area contributed by atoms with Crippen LogP contribution in [-0.2, 0) is 9.84 Å². The van der Waals surface area contributed by atoms with Crippen molar-refractivity contribution in [2.75, 3.05) is 30.5 Å². The van der Waals surface area contributed by atoms with Crippen LogP contribution < -0.4 is 10.6 Å². The van der Waals surface area contributed by atoms with E-state index in [1.807, 2.05) is 0 Å². The number of hydrogen-bond acceptors (Lipinski definition) is 5. The van der Waals surface area contributed by atoms with Crippen molar-refractivity contribution in [3.63, 3.8) is 0 Å². The van der Waals surface area contributed by atoms with Gasteiger partial charge in [0.05, 0.1) is 5.75 Å². The summed E-state index contributed by atoms with van der Waals surface area (Å²) in [6.07, 6.45) is 1.17. The number of rotatable bonds is 5. The van der Waals surface area contributed by atoms with Crippen LogP contribution in [0.4, 0.5) is 5.69 Å². The third kappa shape index (κ3) is 4.60. The Bertz CT molecular complexity index is 587. The molecule has 0 spiro atoms. The lowest BCUT2D eigenvalue weighted by molar-refractivity contribution is 0.318. The van der Waals surface area contributed by atoms with Crippen molar-refractivity contribution < 1.29 is 13.6 Å². The van der Waals surface area contributed by atoms with Gasteiger partial charge in [-0.05, 0) is 18.2 Å². The van der Waals surface area contributed by atoms with E-state index in [1.54, 1.807) is 30.1 Å². The zero-order valence-corrected chi connectivity index (χ0v) is 12.2. The van der Waals surface area contributed by atoms with Crippen LogP contribution in [0.3, 0.4) is 0 Å². The van der Waals surface area contributed by atoms with Crippen molar-refractivity contribution in [1.82, 2.24) is 0 Å². The van der Waals surface area contributed by atoms with Crippen molar-refractivity contribution in [1.29, 1.82) is 0 Å². The molecule has 0 aliphatic rings. The first-order valence-corrected chi connectivity index (χ1v) is 7.85. The quantitative estimate of drug-likeness (QED) is 0.365. The maximum atomic E-state index is 11.2. The molecular weight excluding hydrogens is 290 g/mol. The first-order chi connectivity index (χ1) is 8.74. The van der Waals surface area contributed by atoms with Gasteiger partial charge in [0.1, 0.15) is 9.84 Å². The zero-order valence-electron chi connectivity index (χ0n) is 10.7. The molecule has 0 aromatic heterocycles. The number of oxime groups is 1. The summed E-state index contributed by atoms with van der Waals surface area (Å²) in [5.41, 5.74) is 6.67. The molecule has 1 aromatic rings. The summed E-state index contributed by atoms with van der Waals surface area (Å²) < 4.78 is 22.3. The fourth-order valence-corrected chi connectivity index (χ4v) is 2.29. The topological polar surface area (TPSA) is 96.0 Å². The minimum atomic E-state index is -3.06. The summed E-state index contributed by atoms with van der Waals surface area (Å²) in [6, 6.07) is 4.86. The molecule has 0 atom stereocenters. The summed E-state index contributed by atoms with van der Waals surface area (Å²) in [7, 11) is -1.35. The summed E-state index contributed by atoms with van der Waals surface area (Å²) in [5, 5.41) is 12.2. The predicted molar refractivity (Wildman–Crippen MR) is 76.9 cm³/mol. The van der Waals surface area contributed by atoms with E-state index in [-0.39, 0.29) is 18.1 Å². The van der Waals surface area contributed by atoms with Gasteiger partial charge >= 0.3 is 0 Å². The van der Waals surface area contributed by atoms with Crippen LogP contribution in [-0.4, -0.2) is 45.1 Å². The fourth-order valence-electron chi connectivity index (χ4n) is 1.51. The number of hydrogen-bond donors (Lipinski definition) is 2. The second kappa shape index (κ2) is 6.12. The van der Waals surface area contributed by atoms with Gasteiger partial charge in [-0.2, -0.15) is 0 Å². The molecule has 0 unspecified atom stereocenters. The van der Waals surface area contributed by atoms with Crippen LogP contribution >= 0.6 is 11.6 Å². The maximum absolute atomic E-state index is 11.2. The van der Waals surface area contributed by atoms with Crippen molar-refractivity contribution in [3.05, 3.63) is 28.8 Å². The molecule has 3 N–H and O–H groups in total. The largest absolute Gasteiger partial charge is 0.409 e. The molecule has 106 valence electrons. The average Bonchev–Trinajstić information content (AvgIpc) is 2.34. The highest BCUT2D eigenvalue weighted by molar-refractivity contribution is 7.90. The van der Waals surface area contributed by atoms with Crippen molar-refractivity contribution in [2.45, 2.75) is 0 Å². The van der Waals surface area contributed by atoms with Gasteiger partial charge in [0.15, 0.2) is 5.84 Å². The van der Waals surface area contributed by atoms with E-state index >= 15 is 0 Å². The van der Waals surface area contributed by atoms with Crippen molar-refractivity contribution in [2.24, 2.45) is 10.9 Å². The standard InChI is InChI=1S/C11H16ClN3O3S/c1-15(5-6-19(2,17)18)10-7-8(12)3-4-9(10)11(13)14-16/h3-4,7,16H,5-6H2,1-2H3,(H2,13,14). The summed E-state index contributed by atoms with van der Waals surface area (Å²) in [4.78, 5) is 1.69. The fraction of sp³-hybridized carbons (Fsp3) is 0.364. The lowest BCUT2D eigenvalue weighted by atomic mass is 10.1. The molecular formula is C11H16ClN3O3S. The van der Waals surface area contributed by atoms with Gasteiger partial charge in [0, 0.05) is 36.1 Å². The summed E-state index contributed by atoms with van der Waals surface area (Å²) >= 11 is 5.91. The molecule has 19 heavy (non-hydrogen) atoms. The highest BCUT2D eigenvalue weighted by atomic mass is 35.5. The van der Waals surface area contributed by atoms with Crippen LogP contribution in [0.2, 0.25) is 5.02 Å². The molecule has 0 aliphatic heterocycles. The smallest absolute Gasteiger partial charge is 0.172 e. The van der Waals surface area contributed by atoms with Crippen LogP contribution in [0.25, 0.3) is 0 Å². The Morgan fingerprint density at radius 2 is 2.16 bits per heavy atom. The molecule has 0 saturated heterocycles. The third-order valence-electron chi connectivity index (χ3n) is 2.55. The lowest BCUT2D eigenvalue weighted by Gasteiger charge is -2.22. The van der Waals surface area contributed by atoms with Gasteiger partial charge in [-0.25, -0.2) is 8.42 Å². The number of sulfone groups is 1. The van der Waals surface area contributed by atoms with Crippen LogP contribution in [0, 0.1) is 0 Å². The number of amidine groups is 1. The second-order valence-corrected chi connectivity index (χ2v) is 6.89. The van der Waals surface area contributed by atoms with E-state index in [0.29, 0.717) is 16.3 Å². The predicted octanol–water partition coefficient (Wildman–Crippen LogP) is 0.915. The molecule has 0 aliphatic carbocycles. The van der Waals surface area contributed by atoms with Crippen LogP contribution in [0.15, 0.2) is 23.4 Å². The van der Waals surface area contributed by atoms with Gasteiger partial charge in [0.25, 0.3) is 0 Å². The third-order valence-corrected chi connectivity index (χ3v) is 3.71. The molecule has 0 radical (unpaired) electrons. The number of anilines is 1. The molecule has 6 nitrogen and oxygen atoms in total. The monoisotopic (exact) mass is 305 g/mol. The number of nitrogens with two attached hydrogens (primary N) is 1. The number of benzene rings is 1. The highest BCUT2D eigenvalue weighted by Gasteiger charge is 2.13. The first kappa shape index (κ1) is 15.6. The van der Waals surface area contributed by atoms with E-state index in [9.17, 15) is 8.42 Å². The molecule has 0 saturated carbocycles. The minimum Gasteiger partial charge on any atom is -0.409 e. The summed E-state index contributed by atoms with van der Waals surface area (Å²) in [5.74, 6) is -0.0519. The number of halogens is 1. The van der Waals surface area contributed by atoms with Crippen LogP contribution in [0.5, 0.6) is 0 Å². The van der Waals surface area contributed by atoms with E-state index in [2.05, 4.69) is 5.16 Å². The van der Waals surface area contributed by atoms with E-state index in [0.717, 1.165) is 0 Å². The molecule has 8 heteroatoms. The Labute approximate surface area is 117 Å². The van der Waals surface area contributed by atoms with Gasteiger partial charge in [-0.15, -0.1) is 0 Å². The van der Waals surface area contributed by atoms with Crippen LogP contribution in [0.1, 0.15) is 5.56 Å². The molecule has 1 aromatic carbocycles. The van der Waals surface area contributed by atoms with Gasteiger partial charge in [-0.3, -0.25) is 0 Å². The van der Waals surface area contributed by atoms with E-state index in [1.165, 1.54) is 6.26 Å². The number of nitrogens with zero attached hydrogens (tertiary/aromatic N) is 2. The van der Waals surface area contributed by atoms with Gasteiger partial charge < -0.3 is 15.8 Å². The zero-order chi connectivity index (χ0) is 14.6. The van der Waals surface area contributed by atoms with Crippen molar-refractivity contribution >= 4 is 33.0 Å². The molecule has 0 amide bonds. The minimum absolute atomic E-state index is 0.00558. The Hall–Kier alpha value is -1.47. The Balaban J connectivity index is 3.07. The molecule has 1 rings (SSSR count). The molecule has 0 bridgehead atoms. The second-order valence-electron chi connectivity index (χ2n) is 4.20. The Kier molecular flexibility index (Phi) is 5.02. The van der Waals surface area contributed by atoms with Gasteiger partial charge in [0.2, 0.25) is 0 Å².